The zero-order valence-corrected chi connectivity index (χ0v) is 11.6. The van der Waals surface area contributed by atoms with Crippen molar-refractivity contribution in [2.75, 3.05) is 13.7 Å². The molecule has 2 nitrogen and oxygen atoms in total. The first-order valence-electron chi connectivity index (χ1n) is 7.13. The van der Waals surface area contributed by atoms with Crippen LogP contribution in [-0.4, -0.2) is 25.3 Å². The molecule has 0 amide bonds. The molecule has 0 aliphatic heterocycles. The van der Waals surface area contributed by atoms with Gasteiger partial charge in [-0.2, -0.15) is 0 Å². The fraction of sp³-hybridized carbons (Fsp3) is 0.625. The first-order valence-corrected chi connectivity index (χ1v) is 7.13. The Morgan fingerprint density at radius 3 is 2.50 bits per heavy atom. The Morgan fingerprint density at radius 1 is 1.28 bits per heavy atom. The van der Waals surface area contributed by atoms with Crippen LogP contribution >= 0.6 is 0 Å². The largest absolute Gasteiger partial charge is 0.377 e. The smallest absolute Gasteiger partial charge is 0.0831 e. The average Bonchev–Trinajstić information content (AvgIpc) is 2.36. The van der Waals surface area contributed by atoms with Gasteiger partial charge in [0.1, 0.15) is 0 Å². The van der Waals surface area contributed by atoms with Crippen molar-refractivity contribution in [1.82, 2.24) is 5.32 Å². The molecular formula is C16H25NO. The summed E-state index contributed by atoms with van der Waals surface area (Å²) in [6.07, 6.45) is 6.00. The monoisotopic (exact) mass is 247 g/mol. The van der Waals surface area contributed by atoms with Gasteiger partial charge in [0.15, 0.2) is 0 Å². The van der Waals surface area contributed by atoms with Crippen molar-refractivity contribution >= 4 is 0 Å². The van der Waals surface area contributed by atoms with Crippen molar-refractivity contribution in [3.8, 4) is 0 Å². The van der Waals surface area contributed by atoms with E-state index < -0.39 is 0 Å². The highest BCUT2D eigenvalue weighted by Crippen LogP contribution is 2.39. The summed E-state index contributed by atoms with van der Waals surface area (Å²) in [6, 6.07) is 11.2. The highest BCUT2D eigenvalue weighted by Gasteiger charge is 2.43. The van der Waals surface area contributed by atoms with Gasteiger partial charge in [0.05, 0.1) is 5.60 Å². The molecule has 1 aromatic rings. The van der Waals surface area contributed by atoms with Crippen LogP contribution in [0.15, 0.2) is 30.3 Å². The fourth-order valence-electron chi connectivity index (χ4n) is 2.97. The van der Waals surface area contributed by atoms with Crippen molar-refractivity contribution in [2.45, 2.75) is 50.7 Å². The number of aryl methyl sites for hydroxylation is 1. The van der Waals surface area contributed by atoms with Crippen LogP contribution in [0.4, 0.5) is 0 Å². The summed E-state index contributed by atoms with van der Waals surface area (Å²) in [5.74, 6) is 0. The van der Waals surface area contributed by atoms with Crippen LogP contribution in [0, 0.1) is 0 Å². The number of hydrogen-bond acceptors (Lipinski definition) is 2. The van der Waals surface area contributed by atoms with Crippen molar-refractivity contribution in [3.05, 3.63) is 35.9 Å². The first-order chi connectivity index (χ1) is 8.80. The molecule has 1 unspecified atom stereocenters. The lowest BCUT2D eigenvalue weighted by atomic mass is 9.72. The minimum atomic E-state index is 0.102. The summed E-state index contributed by atoms with van der Waals surface area (Å²) in [5, 5.41) is 3.62. The van der Waals surface area contributed by atoms with E-state index in [9.17, 15) is 0 Å². The van der Waals surface area contributed by atoms with E-state index in [0.29, 0.717) is 6.04 Å². The van der Waals surface area contributed by atoms with Crippen LogP contribution in [-0.2, 0) is 11.2 Å². The summed E-state index contributed by atoms with van der Waals surface area (Å²) in [4.78, 5) is 0. The lowest BCUT2D eigenvalue weighted by molar-refractivity contribution is -0.0995. The van der Waals surface area contributed by atoms with Gasteiger partial charge in [0, 0.05) is 13.2 Å². The predicted molar refractivity (Wildman–Crippen MR) is 75.8 cm³/mol. The highest BCUT2D eigenvalue weighted by molar-refractivity contribution is 5.15. The maximum absolute atomic E-state index is 5.81. The van der Waals surface area contributed by atoms with Crippen molar-refractivity contribution in [2.24, 2.45) is 0 Å². The van der Waals surface area contributed by atoms with Crippen LogP contribution in [0.5, 0.6) is 0 Å². The SMILES string of the molecule is CCNC(CCc1ccccc1)C1(OC)CCC1. The number of nitrogens with one attached hydrogen (secondary N) is 1. The van der Waals surface area contributed by atoms with Crippen LogP contribution in [0.2, 0.25) is 0 Å². The molecule has 0 aromatic heterocycles. The molecule has 1 saturated carbocycles. The average molecular weight is 247 g/mol. The second-order valence-electron chi connectivity index (χ2n) is 5.26. The van der Waals surface area contributed by atoms with E-state index >= 15 is 0 Å². The van der Waals surface area contributed by atoms with Gasteiger partial charge in [-0.3, -0.25) is 0 Å². The van der Waals surface area contributed by atoms with E-state index in [1.807, 2.05) is 7.11 Å². The summed E-state index contributed by atoms with van der Waals surface area (Å²) in [7, 11) is 1.87. The number of benzene rings is 1. The topological polar surface area (TPSA) is 21.3 Å². The molecule has 0 spiro atoms. The third-order valence-electron chi connectivity index (χ3n) is 4.26. The predicted octanol–water partition coefficient (Wildman–Crippen LogP) is 3.17. The Morgan fingerprint density at radius 2 is 2.00 bits per heavy atom. The Hall–Kier alpha value is -0.860. The molecule has 1 aliphatic carbocycles. The molecule has 1 aliphatic rings. The third-order valence-corrected chi connectivity index (χ3v) is 4.26. The molecule has 0 heterocycles. The highest BCUT2D eigenvalue weighted by atomic mass is 16.5. The van der Waals surface area contributed by atoms with Gasteiger partial charge in [0.25, 0.3) is 0 Å². The van der Waals surface area contributed by atoms with Crippen LogP contribution in [0.25, 0.3) is 0 Å². The van der Waals surface area contributed by atoms with E-state index in [1.54, 1.807) is 0 Å². The molecule has 100 valence electrons. The van der Waals surface area contributed by atoms with Gasteiger partial charge in [-0.25, -0.2) is 0 Å². The maximum atomic E-state index is 5.81. The van der Waals surface area contributed by atoms with E-state index in [-0.39, 0.29) is 5.60 Å². The lowest BCUT2D eigenvalue weighted by Gasteiger charge is -2.47. The van der Waals surface area contributed by atoms with Gasteiger partial charge in [-0.05, 0) is 44.2 Å². The molecule has 0 radical (unpaired) electrons. The van der Waals surface area contributed by atoms with Gasteiger partial charge in [-0.15, -0.1) is 0 Å². The van der Waals surface area contributed by atoms with Gasteiger partial charge in [0.2, 0.25) is 0 Å². The molecule has 18 heavy (non-hydrogen) atoms. The Balaban J connectivity index is 1.94. The van der Waals surface area contributed by atoms with E-state index in [2.05, 4.69) is 42.6 Å². The van der Waals surface area contributed by atoms with Crippen molar-refractivity contribution < 1.29 is 4.74 Å². The number of ether oxygens (including phenoxy) is 1. The van der Waals surface area contributed by atoms with E-state index in [0.717, 1.165) is 19.4 Å². The van der Waals surface area contributed by atoms with Crippen LogP contribution in [0.1, 0.15) is 38.2 Å². The van der Waals surface area contributed by atoms with Crippen molar-refractivity contribution in [1.29, 1.82) is 0 Å². The number of methoxy groups -OCH3 is 1. The summed E-state index contributed by atoms with van der Waals surface area (Å²) >= 11 is 0. The first kappa shape index (κ1) is 13.6. The minimum Gasteiger partial charge on any atom is -0.377 e. The molecular weight excluding hydrogens is 222 g/mol. The number of likely N-dealkylation sites (N-methyl/N-ethyl adjacent to an activating group) is 1. The second kappa shape index (κ2) is 6.35. The molecule has 2 heteroatoms. The van der Waals surface area contributed by atoms with E-state index in [4.69, 9.17) is 4.74 Å². The summed E-state index contributed by atoms with van der Waals surface area (Å²) < 4.78 is 5.81. The maximum Gasteiger partial charge on any atom is 0.0831 e. The fourth-order valence-corrected chi connectivity index (χ4v) is 2.97. The Labute approximate surface area is 111 Å². The molecule has 1 N–H and O–H groups in total. The standard InChI is InChI=1S/C16H25NO/c1-3-17-15(16(18-2)12-7-13-16)11-10-14-8-5-4-6-9-14/h4-6,8-9,15,17H,3,7,10-13H2,1-2H3. The minimum absolute atomic E-state index is 0.102. The Bertz CT molecular complexity index is 340. The van der Waals surface area contributed by atoms with Gasteiger partial charge in [-0.1, -0.05) is 37.3 Å². The zero-order valence-electron chi connectivity index (χ0n) is 11.6. The molecule has 2 rings (SSSR count). The Kier molecular flexibility index (Phi) is 4.79. The van der Waals surface area contributed by atoms with Crippen LogP contribution in [0.3, 0.4) is 0 Å². The third kappa shape index (κ3) is 2.93. The summed E-state index contributed by atoms with van der Waals surface area (Å²) in [6.45, 7) is 3.20. The van der Waals surface area contributed by atoms with Crippen LogP contribution < -0.4 is 5.32 Å². The number of hydrogen-bond donors (Lipinski definition) is 1. The lowest BCUT2D eigenvalue weighted by Crippen LogP contribution is -2.56. The zero-order chi connectivity index (χ0) is 12.8. The number of rotatable bonds is 7. The normalized spacial score (nSPS) is 19.2. The van der Waals surface area contributed by atoms with Crippen molar-refractivity contribution in [3.63, 3.8) is 0 Å². The molecule has 1 aromatic carbocycles. The van der Waals surface area contributed by atoms with Gasteiger partial charge >= 0.3 is 0 Å². The van der Waals surface area contributed by atoms with E-state index in [1.165, 1.54) is 24.8 Å². The summed E-state index contributed by atoms with van der Waals surface area (Å²) in [5.41, 5.74) is 1.52. The van der Waals surface area contributed by atoms with Gasteiger partial charge < -0.3 is 10.1 Å². The molecule has 0 saturated heterocycles. The quantitative estimate of drug-likeness (QED) is 0.799. The molecule has 1 atom stereocenters. The molecule has 0 bridgehead atoms. The molecule has 1 fully saturated rings. The second-order valence-corrected chi connectivity index (χ2v) is 5.26.